The van der Waals surface area contributed by atoms with Crippen molar-refractivity contribution in [1.82, 2.24) is 10.2 Å². The summed E-state index contributed by atoms with van der Waals surface area (Å²) in [7, 11) is 0. The number of amides is 1. The molecule has 0 aromatic rings. The van der Waals surface area contributed by atoms with Gasteiger partial charge in [-0.1, -0.05) is 6.92 Å². The highest BCUT2D eigenvalue weighted by atomic mass is 16.4. The van der Waals surface area contributed by atoms with Gasteiger partial charge in [0.2, 0.25) is 5.91 Å². The number of nitrogens with one attached hydrogen (secondary N) is 1. The monoisotopic (exact) mass is 230 g/mol. The van der Waals surface area contributed by atoms with Gasteiger partial charge in [-0.05, 0) is 6.42 Å². The van der Waals surface area contributed by atoms with Crippen molar-refractivity contribution in [2.45, 2.75) is 31.9 Å². The quantitative estimate of drug-likeness (QED) is 0.565. The lowest BCUT2D eigenvalue weighted by atomic mass is 10.1. The van der Waals surface area contributed by atoms with Crippen LogP contribution in [0.2, 0.25) is 0 Å². The van der Waals surface area contributed by atoms with Crippen LogP contribution in [0, 0.1) is 0 Å². The van der Waals surface area contributed by atoms with Crippen molar-refractivity contribution < 1.29 is 19.8 Å². The van der Waals surface area contributed by atoms with Crippen LogP contribution in [0.25, 0.3) is 0 Å². The van der Waals surface area contributed by atoms with Crippen LogP contribution in [0.1, 0.15) is 19.8 Å². The first-order valence-electron chi connectivity index (χ1n) is 5.46. The summed E-state index contributed by atoms with van der Waals surface area (Å²) in [6.07, 6.45) is -0.137. The van der Waals surface area contributed by atoms with Crippen LogP contribution in [0.5, 0.6) is 0 Å². The van der Waals surface area contributed by atoms with Crippen molar-refractivity contribution >= 4 is 11.9 Å². The lowest BCUT2D eigenvalue weighted by Gasteiger charge is -2.35. The lowest BCUT2D eigenvalue weighted by Crippen LogP contribution is -2.57. The smallest absolute Gasteiger partial charge is 0.305 e. The van der Waals surface area contributed by atoms with Gasteiger partial charge in [-0.2, -0.15) is 0 Å². The molecule has 0 aromatic carbocycles. The number of carbonyl (C=O) groups excluding carboxylic acids is 1. The zero-order chi connectivity index (χ0) is 12.1. The Morgan fingerprint density at radius 2 is 2.38 bits per heavy atom. The maximum Gasteiger partial charge on any atom is 0.305 e. The van der Waals surface area contributed by atoms with Gasteiger partial charge in [0.25, 0.3) is 0 Å². The minimum atomic E-state index is -1.00. The molecule has 3 N–H and O–H groups in total. The molecule has 1 saturated heterocycles. The Bertz CT molecular complexity index is 270. The molecule has 0 aliphatic carbocycles. The Labute approximate surface area is 94.2 Å². The average molecular weight is 230 g/mol. The normalized spacial score (nSPS) is 23.9. The number of carboxylic acid groups (broad SMARTS) is 1. The van der Waals surface area contributed by atoms with Crippen LogP contribution in [0.4, 0.5) is 0 Å². The summed E-state index contributed by atoms with van der Waals surface area (Å²) in [5.74, 6) is -1.27. The molecule has 0 aromatic heterocycles. The van der Waals surface area contributed by atoms with Gasteiger partial charge >= 0.3 is 5.97 Å². The summed E-state index contributed by atoms with van der Waals surface area (Å²) < 4.78 is 0. The molecule has 0 spiro atoms. The summed E-state index contributed by atoms with van der Waals surface area (Å²) in [4.78, 5) is 23.9. The second kappa shape index (κ2) is 5.81. The second-order valence-electron chi connectivity index (χ2n) is 3.96. The van der Waals surface area contributed by atoms with Gasteiger partial charge in [0, 0.05) is 19.6 Å². The lowest BCUT2D eigenvalue weighted by molar-refractivity contribution is -0.143. The average Bonchev–Trinajstić information content (AvgIpc) is 2.22. The summed E-state index contributed by atoms with van der Waals surface area (Å²) >= 11 is 0. The second-order valence-corrected chi connectivity index (χ2v) is 3.96. The number of carboxylic acids is 1. The van der Waals surface area contributed by atoms with Crippen molar-refractivity contribution in [3.63, 3.8) is 0 Å². The summed E-state index contributed by atoms with van der Waals surface area (Å²) in [6, 6.07) is -0.660. The Hall–Kier alpha value is -1.14. The van der Waals surface area contributed by atoms with Gasteiger partial charge in [-0.15, -0.1) is 0 Å². The Balaban J connectivity index is 2.62. The minimum absolute atomic E-state index is 0.220. The van der Waals surface area contributed by atoms with E-state index in [1.807, 2.05) is 6.92 Å². The number of carbonyl (C=O) groups is 2. The summed E-state index contributed by atoms with van der Waals surface area (Å²) in [5.41, 5.74) is 0. The van der Waals surface area contributed by atoms with Crippen LogP contribution >= 0.6 is 0 Å². The van der Waals surface area contributed by atoms with E-state index in [1.165, 1.54) is 0 Å². The van der Waals surface area contributed by atoms with Gasteiger partial charge < -0.3 is 15.5 Å². The summed E-state index contributed by atoms with van der Waals surface area (Å²) in [6.45, 7) is 3.29. The molecule has 0 bridgehead atoms. The molecular weight excluding hydrogens is 212 g/mol. The molecule has 2 unspecified atom stereocenters. The number of hydrogen-bond donors (Lipinski definition) is 3. The van der Waals surface area contributed by atoms with E-state index >= 15 is 0 Å². The Morgan fingerprint density at radius 3 is 2.94 bits per heavy atom. The first-order valence-corrected chi connectivity index (χ1v) is 5.46. The molecule has 1 fully saturated rings. The maximum absolute atomic E-state index is 11.5. The number of β-amino-alcohol motifs (C(OH)–C–C–N with tert-alkyl or cyclic N) is 1. The number of rotatable bonds is 5. The van der Waals surface area contributed by atoms with Crippen molar-refractivity contribution in [1.29, 1.82) is 0 Å². The zero-order valence-electron chi connectivity index (χ0n) is 9.35. The number of aliphatic hydroxyl groups is 1. The van der Waals surface area contributed by atoms with E-state index < -0.39 is 18.1 Å². The van der Waals surface area contributed by atoms with E-state index in [0.29, 0.717) is 26.1 Å². The number of nitrogens with zero attached hydrogens (tertiary/aromatic N) is 1. The number of hydrogen-bond acceptors (Lipinski definition) is 4. The predicted molar refractivity (Wildman–Crippen MR) is 56.9 cm³/mol. The molecule has 0 saturated carbocycles. The zero-order valence-corrected chi connectivity index (χ0v) is 9.35. The van der Waals surface area contributed by atoms with E-state index in [-0.39, 0.29) is 12.3 Å². The first kappa shape index (κ1) is 12.9. The predicted octanol–water partition coefficient (Wildman–Crippen LogP) is -0.968. The van der Waals surface area contributed by atoms with Crippen molar-refractivity contribution in [3.8, 4) is 0 Å². The third-order valence-corrected chi connectivity index (χ3v) is 2.73. The van der Waals surface area contributed by atoms with Crippen molar-refractivity contribution in [2.24, 2.45) is 0 Å². The molecule has 0 radical (unpaired) electrons. The molecule has 1 aliphatic heterocycles. The highest BCUT2D eigenvalue weighted by Crippen LogP contribution is 2.10. The Kier molecular flexibility index (Phi) is 4.70. The van der Waals surface area contributed by atoms with E-state index in [2.05, 4.69) is 5.32 Å². The molecule has 16 heavy (non-hydrogen) atoms. The van der Waals surface area contributed by atoms with Gasteiger partial charge in [0.15, 0.2) is 0 Å². The fourth-order valence-electron chi connectivity index (χ4n) is 1.77. The van der Waals surface area contributed by atoms with Crippen LogP contribution in [-0.2, 0) is 9.59 Å². The molecule has 2 atom stereocenters. The van der Waals surface area contributed by atoms with Crippen LogP contribution in [0.3, 0.4) is 0 Å². The first-order chi connectivity index (χ1) is 7.54. The van der Waals surface area contributed by atoms with E-state index in [0.717, 1.165) is 0 Å². The third kappa shape index (κ3) is 3.46. The topological polar surface area (TPSA) is 89.9 Å². The van der Waals surface area contributed by atoms with Gasteiger partial charge in [0.05, 0.1) is 18.6 Å². The van der Waals surface area contributed by atoms with Crippen LogP contribution in [0.15, 0.2) is 0 Å². The number of aliphatic hydroxyl groups excluding tert-OH is 1. The highest BCUT2D eigenvalue weighted by Gasteiger charge is 2.32. The molecule has 1 amide bonds. The fraction of sp³-hybridized carbons (Fsp3) is 0.800. The van der Waals surface area contributed by atoms with Gasteiger partial charge in [0.1, 0.15) is 0 Å². The highest BCUT2D eigenvalue weighted by molar-refractivity contribution is 5.86. The van der Waals surface area contributed by atoms with Crippen molar-refractivity contribution in [2.75, 3.05) is 19.6 Å². The molecule has 6 nitrogen and oxygen atoms in total. The van der Waals surface area contributed by atoms with Gasteiger partial charge in [-0.25, -0.2) is 0 Å². The minimum Gasteiger partial charge on any atom is -0.481 e. The van der Waals surface area contributed by atoms with Gasteiger partial charge in [-0.3, -0.25) is 14.5 Å². The maximum atomic E-state index is 11.5. The molecule has 6 heteroatoms. The molecule has 1 rings (SSSR count). The van der Waals surface area contributed by atoms with E-state index in [9.17, 15) is 14.7 Å². The molecular formula is C10H18N2O4. The third-order valence-electron chi connectivity index (χ3n) is 2.73. The number of aliphatic carboxylic acids is 1. The Morgan fingerprint density at radius 1 is 1.69 bits per heavy atom. The van der Waals surface area contributed by atoms with Crippen molar-refractivity contribution in [3.05, 3.63) is 0 Å². The van der Waals surface area contributed by atoms with Crippen LogP contribution < -0.4 is 5.32 Å². The fourth-order valence-corrected chi connectivity index (χ4v) is 1.77. The SMILES string of the molecule is CCC(O)CN1CCNC(=O)C1CC(=O)O. The molecule has 1 heterocycles. The standard InChI is InChI=1S/C10H18N2O4/c1-2-7(13)6-12-4-3-11-10(16)8(12)5-9(14)15/h7-8,13H,2-6H2,1H3,(H,11,16)(H,14,15). The summed E-state index contributed by atoms with van der Waals surface area (Å²) in [5, 5.41) is 20.9. The molecule has 1 aliphatic rings. The van der Waals surface area contributed by atoms with E-state index in [4.69, 9.17) is 5.11 Å². The van der Waals surface area contributed by atoms with Crippen LogP contribution in [-0.4, -0.2) is 58.8 Å². The van der Waals surface area contributed by atoms with E-state index in [1.54, 1.807) is 4.90 Å². The number of piperazine rings is 1. The largest absolute Gasteiger partial charge is 0.481 e. The molecule has 92 valence electrons.